The Bertz CT molecular complexity index is 513. The largest absolute Gasteiger partial charge is 0.293 e. The molecule has 2 unspecified atom stereocenters. The number of hydrogen-bond acceptors (Lipinski definition) is 1. The summed E-state index contributed by atoms with van der Waals surface area (Å²) < 4.78 is 0. The van der Waals surface area contributed by atoms with Gasteiger partial charge in [-0.3, -0.25) is 4.79 Å². The molecular weight excluding hydrogens is 312 g/mol. The average molecular weight is 324 g/mol. The van der Waals surface area contributed by atoms with Gasteiger partial charge in [0.2, 0.25) is 0 Å². The first-order valence-corrected chi connectivity index (χ1v) is 6.97. The number of carbonyl (C=O) groups excluding carboxylic acids is 1. The van der Waals surface area contributed by atoms with Crippen molar-refractivity contribution in [1.29, 1.82) is 0 Å². The van der Waals surface area contributed by atoms with Crippen LogP contribution >= 0.6 is 27.5 Å². The fourth-order valence-electron chi connectivity index (χ4n) is 1.70. The lowest BCUT2D eigenvalue weighted by Crippen LogP contribution is -2.19. The molecule has 0 aliphatic carbocycles. The maximum atomic E-state index is 12.2. The highest BCUT2D eigenvalue weighted by Gasteiger charge is 2.25. The van der Waals surface area contributed by atoms with E-state index in [0.717, 1.165) is 5.56 Å². The zero-order valence-corrected chi connectivity index (χ0v) is 11.9. The summed E-state index contributed by atoms with van der Waals surface area (Å²) >= 11 is 9.73. The van der Waals surface area contributed by atoms with Crippen molar-refractivity contribution in [3.05, 3.63) is 71.8 Å². The molecule has 2 atom stereocenters. The summed E-state index contributed by atoms with van der Waals surface area (Å²) in [6.07, 6.45) is 0. The average Bonchev–Trinajstić information content (AvgIpc) is 2.47. The van der Waals surface area contributed by atoms with Crippen LogP contribution < -0.4 is 0 Å². The van der Waals surface area contributed by atoms with Gasteiger partial charge in [0.1, 0.15) is 0 Å². The van der Waals surface area contributed by atoms with E-state index in [4.69, 9.17) is 11.6 Å². The lowest BCUT2D eigenvalue weighted by Gasteiger charge is -2.15. The Morgan fingerprint density at radius 3 is 2.00 bits per heavy atom. The molecule has 2 aromatic rings. The molecule has 92 valence electrons. The third-order valence-electron chi connectivity index (χ3n) is 2.68. The highest BCUT2D eigenvalue weighted by atomic mass is 79.9. The number of benzene rings is 2. The molecule has 2 rings (SSSR count). The van der Waals surface area contributed by atoms with Crippen LogP contribution in [-0.2, 0) is 0 Å². The number of ketones is 1. The minimum absolute atomic E-state index is 0.000506. The fourth-order valence-corrected chi connectivity index (χ4v) is 2.53. The molecule has 3 heteroatoms. The van der Waals surface area contributed by atoms with Crippen LogP contribution in [0.1, 0.15) is 21.3 Å². The van der Waals surface area contributed by atoms with Gasteiger partial charge in [0, 0.05) is 5.56 Å². The second-order valence-corrected chi connectivity index (χ2v) is 5.40. The SMILES string of the molecule is O=C(c1ccccc1)C(Br)C(Cl)c1ccccc1. The number of carbonyl (C=O) groups is 1. The van der Waals surface area contributed by atoms with Gasteiger partial charge in [-0.2, -0.15) is 0 Å². The van der Waals surface area contributed by atoms with Crippen LogP contribution in [0.3, 0.4) is 0 Å². The molecule has 1 nitrogen and oxygen atoms in total. The maximum absolute atomic E-state index is 12.2. The van der Waals surface area contributed by atoms with Gasteiger partial charge < -0.3 is 0 Å². The summed E-state index contributed by atoms with van der Waals surface area (Å²) in [6, 6.07) is 18.8. The van der Waals surface area contributed by atoms with Crippen LogP contribution in [0.5, 0.6) is 0 Å². The normalized spacial score (nSPS) is 13.9. The summed E-state index contributed by atoms with van der Waals surface area (Å²) in [6.45, 7) is 0. The summed E-state index contributed by atoms with van der Waals surface area (Å²) in [5.74, 6) is -0.000506. The first kappa shape index (κ1) is 13.3. The molecule has 18 heavy (non-hydrogen) atoms. The molecule has 0 heterocycles. The Labute approximate surface area is 120 Å². The van der Waals surface area contributed by atoms with Gasteiger partial charge in [0.25, 0.3) is 0 Å². The number of alkyl halides is 2. The summed E-state index contributed by atoms with van der Waals surface area (Å²) in [7, 11) is 0. The predicted octanol–water partition coefficient (Wildman–Crippen LogP) is 4.61. The zero-order valence-electron chi connectivity index (χ0n) is 9.59. The number of rotatable bonds is 4. The first-order valence-electron chi connectivity index (χ1n) is 5.62. The molecule has 0 aliphatic heterocycles. The molecule has 0 bridgehead atoms. The van der Waals surface area contributed by atoms with Gasteiger partial charge in [-0.1, -0.05) is 76.6 Å². The number of hydrogen-bond donors (Lipinski definition) is 0. The molecule has 0 aliphatic rings. The molecule has 2 aromatic carbocycles. The molecule has 0 saturated carbocycles. The van der Waals surface area contributed by atoms with Crippen LogP contribution in [0.2, 0.25) is 0 Å². The van der Waals surface area contributed by atoms with Crippen molar-refractivity contribution >= 4 is 33.3 Å². The van der Waals surface area contributed by atoms with Crippen molar-refractivity contribution in [2.24, 2.45) is 0 Å². The van der Waals surface area contributed by atoms with Crippen LogP contribution in [0.4, 0.5) is 0 Å². The van der Waals surface area contributed by atoms with E-state index in [1.165, 1.54) is 0 Å². The van der Waals surface area contributed by atoms with E-state index in [1.54, 1.807) is 12.1 Å². The van der Waals surface area contributed by atoms with Crippen LogP contribution in [0.15, 0.2) is 60.7 Å². The Morgan fingerprint density at radius 2 is 1.44 bits per heavy atom. The van der Waals surface area contributed by atoms with Crippen molar-refractivity contribution in [3.8, 4) is 0 Å². The summed E-state index contributed by atoms with van der Waals surface area (Å²) in [5.41, 5.74) is 1.60. The van der Waals surface area contributed by atoms with Crippen molar-refractivity contribution in [1.82, 2.24) is 0 Å². The smallest absolute Gasteiger partial charge is 0.178 e. The Hall–Kier alpha value is -1.12. The zero-order chi connectivity index (χ0) is 13.0. The molecule has 0 aromatic heterocycles. The lowest BCUT2D eigenvalue weighted by molar-refractivity contribution is 0.0990. The van der Waals surface area contributed by atoms with Gasteiger partial charge in [-0.05, 0) is 5.56 Å². The van der Waals surface area contributed by atoms with Gasteiger partial charge in [0.15, 0.2) is 5.78 Å². The molecule has 0 saturated heterocycles. The van der Waals surface area contributed by atoms with E-state index in [0.29, 0.717) is 5.56 Å². The van der Waals surface area contributed by atoms with E-state index in [1.807, 2.05) is 48.5 Å². The minimum atomic E-state index is -0.427. The molecule has 0 amide bonds. The van der Waals surface area contributed by atoms with Crippen LogP contribution in [0.25, 0.3) is 0 Å². The lowest BCUT2D eigenvalue weighted by atomic mass is 10.0. The quantitative estimate of drug-likeness (QED) is 0.593. The number of Topliss-reactive ketones (excluding diaryl/α,β-unsaturated/α-hetero) is 1. The van der Waals surface area contributed by atoms with E-state index < -0.39 is 4.83 Å². The van der Waals surface area contributed by atoms with Gasteiger partial charge in [-0.25, -0.2) is 0 Å². The Balaban J connectivity index is 2.17. The van der Waals surface area contributed by atoms with E-state index in [-0.39, 0.29) is 11.2 Å². The summed E-state index contributed by atoms with van der Waals surface area (Å²) in [4.78, 5) is 11.8. The van der Waals surface area contributed by atoms with Crippen LogP contribution in [0, 0.1) is 0 Å². The third-order valence-corrected chi connectivity index (χ3v) is 4.44. The topological polar surface area (TPSA) is 17.1 Å². The van der Waals surface area contributed by atoms with Crippen molar-refractivity contribution in [2.75, 3.05) is 0 Å². The second kappa shape index (κ2) is 6.17. The van der Waals surface area contributed by atoms with Crippen molar-refractivity contribution in [2.45, 2.75) is 10.2 Å². The Kier molecular flexibility index (Phi) is 4.56. The van der Waals surface area contributed by atoms with Gasteiger partial charge in [0.05, 0.1) is 10.2 Å². The first-order chi connectivity index (χ1) is 8.70. The van der Waals surface area contributed by atoms with E-state index >= 15 is 0 Å². The third kappa shape index (κ3) is 3.01. The maximum Gasteiger partial charge on any atom is 0.178 e. The van der Waals surface area contributed by atoms with Crippen molar-refractivity contribution < 1.29 is 4.79 Å². The highest BCUT2D eigenvalue weighted by molar-refractivity contribution is 9.10. The standard InChI is InChI=1S/C15H12BrClO/c16-13(14(17)11-7-3-1-4-8-11)15(18)12-9-5-2-6-10-12/h1-10,13-14H. The molecule has 0 radical (unpaired) electrons. The minimum Gasteiger partial charge on any atom is -0.293 e. The van der Waals surface area contributed by atoms with Crippen molar-refractivity contribution in [3.63, 3.8) is 0 Å². The highest BCUT2D eigenvalue weighted by Crippen LogP contribution is 2.31. The molecule has 0 fully saturated rings. The van der Waals surface area contributed by atoms with E-state index in [9.17, 15) is 4.79 Å². The van der Waals surface area contributed by atoms with Gasteiger partial charge >= 0.3 is 0 Å². The van der Waals surface area contributed by atoms with Crippen LogP contribution in [-0.4, -0.2) is 10.6 Å². The monoisotopic (exact) mass is 322 g/mol. The number of halogens is 2. The van der Waals surface area contributed by atoms with Gasteiger partial charge in [-0.15, -0.1) is 11.6 Å². The molecule has 0 spiro atoms. The fraction of sp³-hybridized carbons (Fsp3) is 0.133. The second-order valence-electron chi connectivity index (χ2n) is 3.94. The predicted molar refractivity (Wildman–Crippen MR) is 78.5 cm³/mol. The van der Waals surface area contributed by atoms with E-state index in [2.05, 4.69) is 15.9 Å². The molecular formula is C15H12BrClO. The molecule has 0 N–H and O–H groups in total. The Morgan fingerprint density at radius 1 is 0.944 bits per heavy atom. The summed E-state index contributed by atoms with van der Waals surface area (Å²) in [5, 5.41) is -0.376.